The van der Waals surface area contributed by atoms with Crippen molar-refractivity contribution in [3.8, 4) is 5.75 Å². The lowest BCUT2D eigenvalue weighted by Gasteiger charge is -2.08. The van der Waals surface area contributed by atoms with Gasteiger partial charge >= 0.3 is 0 Å². The molecule has 0 saturated heterocycles. The molecule has 0 heterocycles. The highest BCUT2D eigenvalue weighted by molar-refractivity contribution is 14.1. The normalized spacial score (nSPS) is 10.2. The molecule has 0 aliphatic heterocycles. The molecule has 0 bridgehead atoms. The van der Waals surface area contributed by atoms with E-state index in [4.69, 9.17) is 5.73 Å². The van der Waals surface area contributed by atoms with Gasteiger partial charge in [-0.2, -0.15) is 0 Å². The van der Waals surface area contributed by atoms with Gasteiger partial charge in [0.1, 0.15) is 11.6 Å². The molecule has 0 aromatic heterocycles. The van der Waals surface area contributed by atoms with E-state index in [1.165, 1.54) is 24.3 Å². The van der Waals surface area contributed by atoms with E-state index < -0.39 is 11.7 Å². The Bertz CT molecular complexity index is 647. The van der Waals surface area contributed by atoms with Crippen molar-refractivity contribution < 1.29 is 14.3 Å². The van der Waals surface area contributed by atoms with E-state index in [2.05, 4.69) is 5.32 Å². The zero-order valence-corrected chi connectivity index (χ0v) is 11.8. The molecular formula is C13H10FIN2O2. The zero-order chi connectivity index (χ0) is 14.0. The Hall–Kier alpha value is -1.83. The Labute approximate surface area is 122 Å². The van der Waals surface area contributed by atoms with Crippen molar-refractivity contribution in [1.82, 2.24) is 0 Å². The maximum absolute atomic E-state index is 13.5. The molecular weight excluding hydrogens is 362 g/mol. The van der Waals surface area contributed by atoms with Crippen molar-refractivity contribution >= 4 is 39.9 Å². The van der Waals surface area contributed by atoms with Gasteiger partial charge in [0.05, 0.1) is 11.3 Å². The number of carbonyl (C=O) groups is 1. The van der Waals surface area contributed by atoms with Crippen LogP contribution in [0.3, 0.4) is 0 Å². The van der Waals surface area contributed by atoms with Gasteiger partial charge in [0.25, 0.3) is 5.91 Å². The first-order valence-electron chi connectivity index (χ1n) is 5.32. The largest absolute Gasteiger partial charge is 0.507 e. The van der Waals surface area contributed by atoms with Crippen molar-refractivity contribution in [2.24, 2.45) is 0 Å². The molecule has 6 heteroatoms. The van der Waals surface area contributed by atoms with Crippen LogP contribution >= 0.6 is 22.6 Å². The van der Waals surface area contributed by atoms with E-state index in [0.29, 0.717) is 0 Å². The molecule has 0 saturated carbocycles. The maximum Gasteiger partial charge on any atom is 0.259 e. The molecule has 19 heavy (non-hydrogen) atoms. The lowest BCUT2D eigenvalue weighted by Crippen LogP contribution is -2.13. The Morgan fingerprint density at radius 1 is 1.26 bits per heavy atom. The fraction of sp³-hybridized carbons (Fsp3) is 0. The number of aromatic hydroxyl groups is 1. The Morgan fingerprint density at radius 3 is 2.68 bits per heavy atom. The number of rotatable bonds is 2. The number of carbonyl (C=O) groups excluding carboxylic acids is 1. The van der Waals surface area contributed by atoms with Crippen molar-refractivity contribution in [3.05, 3.63) is 51.3 Å². The number of amides is 1. The van der Waals surface area contributed by atoms with Crippen LogP contribution in [0.2, 0.25) is 0 Å². The van der Waals surface area contributed by atoms with E-state index in [-0.39, 0.29) is 22.7 Å². The first kappa shape index (κ1) is 13.6. The average molecular weight is 372 g/mol. The Morgan fingerprint density at radius 2 is 2.00 bits per heavy atom. The summed E-state index contributed by atoms with van der Waals surface area (Å²) in [5.41, 5.74) is 5.79. The second-order valence-electron chi connectivity index (χ2n) is 3.85. The van der Waals surface area contributed by atoms with Gasteiger partial charge in [-0.05, 0) is 59.0 Å². The number of hydrogen-bond acceptors (Lipinski definition) is 3. The molecule has 0 aliphatic carbocycles. The molecule has 2 rings (SSSR count). The van der Waals surface area contributed by atoms with Gasteiger partial charge in [-0.3, -0.25) is 4.79 Å². The third-order valence-corrected chi connectivity index (χ3v) is 3.12. The molecule has 98 valence electrons. The molecule has 0 fully saturated rings. The first-order valence-corrected chi connectivity index (χ1v) is 6.40. The van der Waals surface area contributed by atoms with Crippen LogP contribution in [0.25, 0.3) is 0 Å². The highest BCUT2D eigenvalue weighted by atomic mass is 127. The average Bonchev–Trinajstić information content (AvgIpc) is 2.35. The molecule has 1 amide bonds. The van der Waals surface area contributed by atoms with Crippen molar-refractivity contribution in [2.75, 3.05) is 11.1 Å². The number of hydrogen-bond donors (Lipinski definition) is 3. The van der Waals surface area contributed by atoms with Crippen LogP contribution in [0.15, 0.2) is 36.4 Å². The van der Waals surface area contributed by atoms with Gasteiger partial charge in [-0.15, -0.1) is 0 Å². The minimum atomic E-state index is -0.626. The molecule has 0 atom stereocenters. The minimum Gasteiger partial charge on any atom is -0.507 e. The Kier molecular flexibility index (Phi) is 3.89. The lowest BCUT2D eigenvalue weighted by atomic mass is 10.2. The summed E-state index contributed by atoms with van der Waals surface area (Å²) in [6, 6.07) is 8.55. The fourth-order valence-corrected chi connectivity index (χ4v) is 2.00. The SMILES string of the molecule is Nc1ccc(NC(=O)c2cc(I)ccc2O)c(F)c1. The fourth-order valence-electron chi connectivity index (χ4n) is 1.51. The number of anilines is 2. The van der Waals surface area contributed by atoms with E-state index in [1.807, 2.05) is 22.6 Å². The van der Waals surface area contributed by atoms with E-state index in [1.54, 1.807) is 6.07 Å². The summed E-state index contributed by atoms with van der Waals surface area (Å²) >= 11 is 2.02. The predicted molar refractivity (Wildman–Crippen MR) is 79.6 cm³/mol. The third-order valence-electron chi connectivity index (χ3n) is 2.44. The quantitative estimate of drug-likeness (QED) is 0.561. The minimum absolute atomic E-state index is 0.0115. The standard InChI is InChI=1S/C13H10FIN2O2/c14-10-6-8(16)2-3-11(10)17-13(19)9-5-7(15)1-4-12(9)18/h1-6,18H,16H2,(H,17,19). The summed E-state index contributed by atoms with van der Waals surface area (Å²) in [6.45, 7) is 0. The molecule has 0 radical (unpaired) electrons. The predicted octanol–water partition coefficient (Wildman–Crippen LogP) is 2.97. The Balaban J connectivity index is 2.28. The highest BCUT2D eigenvalue weighted by Gasteiger charge is 2.13. The second kappa shape index (κ2) is 5.43. The number of halogens is 2. The van der Waals surface area contributed by atoms with Gasteiger partial charge in [-0.1, -0.05) is 0 Å². The van der Waals surface area contributed by atoms with Gasteiger partial charge in [0.15, 0.2) is 0 Å². The zero-order valence-electron chi connectivity index (χ0n) is 9.65. The smallest absolute Gasteiger partial charge is 0.259 e. The first-order chi connectivity index (χ1) is 8.97. The summed E-state index contributed by atoms with van der Waals surface area (Å²) in [6.07, 6.45) is 0. The van der Waals surface area contributed by atoms with Crippen LogP contribution in [0.4, 0.5) is 15.8 Å². The van der Waals surface area contributed by atoms with Gasteiger partial charge < -0.3 is 16.2 Å². The molecule has 0 unspecified atom stereocenters. The van der Waals surface area contributed by atoms with Crippen LogP contribution in [0, 0.1) is 9.39 Å². The monoisotopic (exact) mass is 372 g/mol. The summed E-state index contributed by atoms with van der Waals surface area (Å²) < 4.78 is 14.3. The summed E-state index contributed by atoms with van der Waals surface area (Å²) in [5.74, 6) is -1.37. The van der Waals surface area contributed by atoms with Gasteiger partial charge in [0, 0.05) is 9.26 Å². The molecule has 0 aliphatic rings. The molecule has 4 N–H and O–H groups in total. The number of nitrogens with two attached hydrogens (primary N) is 1. The highest BCUT2D eigenvalue weighted by Crippen LogP contribution is 2.22. The number of nitrogens with one attached hydrogen (secondary N) is 1. The number of nitrogen functional groups attached to an aromatic ring is 1. The second-order valence-corrected chi connectivity index (χ2v) is 5.10. The van der Waals surface area contributed by atoms with Crippen LogP contribution in [0.1, 0.15) is 10.4 Å². The molecule has 2 aromatic carbocycles. The van der Waals surface area contributed by atoms with Crippen molar-refractivity contribution in [1.29, 1.82) is 0 Å². The van der Waals surface area contributed by atoms with Crippen molar-refractivity contribution in [3.63, 3.8) is 0 Å². The van der Waals surface area contributed by atoms with E-state index in [0.717, 1.165) is 9.64 Å². The molecule has 4 nitrogen and oxygen atoms in total. The van der Waals surface area contributed by atoms with Crippen LogP contribution < -0.4 is 11.1 Å². The third kappa shape index (κ3) is 3.14. The molecule has 0 spiro atoms. The van der Waals surface area contributed by atoms with Gasteiger partial charge in [-0.25, -0.2) is 4.39 Å². The van der Waals surface area contributed by atoms with Crippen LogP contribution in [0.5, 0.6) is 5.75 Å². The summed E-state index contributed by atoms with van der Waals surface area (Å²) in [5, 5.41) is 12.0. The van der Waals surface area contributed by atoms with Crippen molar-refractivity contribution in [2.45, 2.75) is 0 Å². The number of phenolic OH excluding ortho intramolecular Hbond substituents is 1. The summed E-state index contributed by atoms with van der Waals surface area (Å²) in [4.78, 5) is 12.0. The van der Waals surface area contributed by atoms with Crippen LogP contribution in [-0.4, -0.2) is 11.0 Å². The number of phenols is 1. The van der Waals surface area contributed by atoms with E-state index >= 15 is 0 Å². The van der Waals surface area contributed by atoms with Gasteiger partial charge in [0.2, 0.25) is 0 Å². The van der Waals surface area contributed by atoms with Crippen LogP contribution in [-0.2, 0) is 0 Å². The topological polar surface area (TPSA) is 75.3 Å². The summed E-state index contributed by atoms with van der Waals surface area (Å²) in [7, 11) is 0. The molecule has 2 aromatic rings. The number of benzene rings is 2. The van der Waals surface area contributed by atoms with E-state index in [9.17, 15) is 14.3 Å². The lowest BCUT2D eigenvalue weighted by molar-refractivity contribution is 0.102. The maximum atomic E-state index is 13.5.